The molecule has 3 rings (SSSR count). The zero-order valence-electron chi connectivity index (χ0n) is 14.3. The van der Waals surface area contributed by atoms with Gasteiger partial charge in [0.1, 0.15) is 4.90 Å². The summed E-state index contributed by atoms with van der Waals surface area (Å²) in [6, 6.07) is 8.02. The van der Waals surface area contributed by atoms with Crippen LogP contribution in [0.25, 0.3) is 0 Å². The van der Waals surface area contributed by atoms with E-state index in [0.29, 0.717) is 11.7 Å². The van der Waals surface area contributed by atoms with E-state index in [1.54, 1.807) is 16.9 Å². The molecule has 1 heterocycles. The predicted octanol–water partition coefficient (Wildman–Crippen LogP) is 3.25. The molecule has 0 aliphatic heterocycles. The second kappa shape index (κ2) is 6.47. The number of nitrogens with one attached hydrogen (secondary N) is 1. The summed E-state index contributed by atoms with van der Waals surface area (Å²) in [5, 5.41) is 4.22. The lowest BCUT2D eigenvalue weighted by atomic mass is 9.93. The molecule has 0 bridgehead atoms. The van der Waals surface area contributed by atoms with Crippen LogP contribution in [0.3, 0.4) is 0 Å². The van der Waals surface area contributed by atoms with E-state index >= 15 is 0 Å². The molecule has 1 fully saturated rings. The number of hydrogen-bond acceptors (Lipinski definition) is 4. The van der Waals surface area contributed by atoms with Crippen LogP contribution in [0.1, 0.15) is 39.2 Å². The fraction of sp³-hybridized carbons (Fsp3) is 0.471. The van der Waals surface area contributed by atoms with E-state index < -0.39 is 10.0 Å². The summed E-state index contributed by atoms with van der Waals surface area (Å²) in [6.07, 6.45) is 6.36. The first-order valence-corrected chi connectivity index (χ1v) is 9.75. The molecule has 0 atom stereocenters. The van der Waals surface area contributed by atoms with Gasteiger partial charge >= 0.3 is 0 Å². The highest BCUT2D eigenvalue weighted by Crippen LogP contribution is 2.32. The average Bonchev–Trinajstić information content (AvgIpc) is 2.95. The molecule has 0 amide bonds. The Kier molecular flexibility index (Phi) is 4.54. The van der Waals surface area contributed by atoms with E-state index in [2.05, 4.69) is 23.7 Å². The van der Waals surface area contributed by atoms with Crippen molar-refractivity contribution in [3.63, 3.8) is 0 Å². The monoisotopic (exact) mass is 348 g/mol. The maximum absolute atomic E-state index is 12.7. The van der Waals surface area contributed by atoms with Crippen LogP contribution in [0, 0.1) is 0 Å². The van der Waals surface area contributed by atoms with Gasteiger partial charge in [-0.3, -0.25) is 9.40 Å². The number of hydrogen-bond donors (Lipinski definition) is 1. The van der Waals surface area contributed by atoms with Crippen LogP contribution in [-0.2, 0) is 10.0 Å². The molecular weight excluding hydrogens is 324 g/mol. The third-order valence-corrected chi connectivity index (χ3v) is 5.96. The number of rotatable bonds is 6. The Balaban J connectivity index is 1.86. The molecule has 2 aromatic rings. The fourth-order valence-electron chi connectivity index (χ4n) is 2.66. The van der Waals surface area contributed by atoms with Crippen LogP contribution in [0.4, 0.5) is 11.4 Å². The Morgan fingerprint density at radius 2 is 2.00 bits per heavy atom. The minimum Gasteiger partial charge on any atom is -0.370 e. The molecule has 6 nitrogen and oxygen atoms in total. The summed E-state index contributed by atoms with van der Waals surface area (Å²) in [4.78, 5) is 2.24. The van der Waals surface area contributed by atoms with E-state index in [1.165, 1.54) is 12.6 Å². The van der Waals surface area contributed by atoms with Crippen molar-refractivity contribution in [2.45, 2.75) is 50.1 Å². The van der Waals surface area contributed by atoms with Gasteiger partial charge in [0, 0.05) is 19.3 Å². The van der Waals surface area contributed by atoms with Crippen molar-refractivity contribution in [3.8, 4) is 0 Å². The van der Waals surface area contributed by atoms with Crippen LogP contribution < -0.4 is 9.62 Å². The highest BCUT2D eigenvalue weighted by Gasteiger charge is 2.24. The summed E-state index contributed by atoms with van der Waals surface area (Å²) in [7, 11) is -1.70. The lowest BCUT2D eigenvalue weighted by Crippen LogP contribution is -2.27. The van der Waals surface area contributed by atoms with E-state index in [1.807, 2.05) is 30.1 Å². The van der Waals surface area contributed by atoms with Crippen molar-refractivity contribution in [3.05, 3.63) is 36.7 Å². The molecule has 1 N–H and O–H groups in total. The van der Waals surface area contributed by atoms with Crippen LogP contribution >= 0.6 is 0 Å². The number of nitrogens with zero attached hydrogens (tertiary/aromatic N) is 3. The minimum atomic E-state index is -3.65. The molecular formula is C17H24N4O2S. The normalized spacial score (nSPS) is 15.3. The number of para-hydroxylation sites is 2. The quantitative estimate of drug-likeness (QED) is 0.870. The van der Waals surface area contributed by atoms with E-state index in [4.69, 9.17) is 0 Å². The van der Waals surface area contributed by atoms with Gasteiger partial charge in [-0.25, -0.2) is 8.42 Å². The van der Waals surface area contributed by atoms with Gasteiger partial charge in [-0.2, -0.15) is 5.10 Å². The van der Waals surface area contributed by atoms with Crippen molar-refractivity contribution in [1.82, 2.24) is 9.78 Å². The third kappa shape index (κ3) is 3.26. The molecule has 0 saturated heterocycles. The maximum atomic E-state index is 12.7. The van der Waals surface area contributed by atoms with Gasteiger partial charge in [-0.1, -0.05) is 12.1 Å². The van der Waals surface area contributed by atoms with Gasteiger partial charge < -0.3 is 4.90 Å². The van der Waals surface area contributed by atoms with E-state index in [9.17, 15) is 8.42 Å². The van der Waals surface area contributed by atoms with Gasteiger partial charge in [0.25, 0.3) is 10.0 Å². The third-order valence-electron chi connectivity index (χ3n) is 4.64. The molecule has 130 valence electrons. The second-order valence-electron chi connectivity index (χ2n) is 6.57. The minimum absolute atomic E-state index is 0.205. The Bertz CT molecular complexity index is 810. The van der Waals surface area contributed by atoms with Crippen LogP contribution in [0.2, 0.25) is 0 Å². The lowest BCUT2D eigenvalue weighted by Gasteiger charge is -2.26. The molecule has 1 aromatic carbocycles. The SMILES string of the molecule is CC(C)N(C)c1ccccc1NS(=O)(=O)c1cnn(C2CCC2)c1. The van der Waals surface area contributed by atoms with Crippen molar-refractivity contribution >= 4 is 21.4 Å². The van der Waals surface area contributed by atoms with Gasteiger partial charge in [0.2, 0.25) is 0 Å². The van der Waals surface area contributed by atoms with Gasteiger partial charge in [-0.05, 0) is 45.2 Å². The van der Waals surface area contributed by atoms with E-state index in [-0.39, 0.29) is 10.9 Å². The first-order valence-electron chi connectivity index (χ1n) is 8.27. The Labute approximate surface area is 143 Å². The number of sulfonamides is 1. The summed E-state index contributed by atoms with van der Waals surface area (Å²) in [5.74, 6) is 0. The first kappa shape index (κ1) is 16.8. The summed E-state index contributed by atoms with van der Waals surface area (Å²) in [5.41, 5.74) is 1.42. The zero-order valence-corrected chi connectivity index (χ0v) is 15.1. The van der Waals surface area contributed by atoms with E-state index in [0.717, 1.165) is 18.5 Å². The van der Waals surface area contributed by atoms with Crippen LogP contribution in [0.15, 0.2) is 41.6 Å². The fourth-order valence-corrected chi connectivity index (χ4v) is 3.67. The Morgan fingerprint density at radius 1 is 1.29 bits per heavy atom. The topological polar surface area (TPSA) is 67.2 Å². The summed E-state index contributed by atoms with van der Waals surface area (Å²) < 4.78 is 29.9. The van der Waals surface area contributed by atoms with Crippen molar-refractivity contribution in [2.75, 3.05) is 16.7 Å². The largest absolute Gasteiger partial charge is 0.370 e. The first-order chi connectivity index (χ1) is 11.4. The number of aromatic nitrogens is 2. The molecule has 1 aromatic heterocycles. The number of benzene rings is 1. The molecule has 0 spiro atoms. The Hall–Kier alpha value is -2.02. The summed E-state index contributed by atoms with van der Waals surface area (Å²) in [6.45, 7) is 4.13. The predicted molar refractivity (Wildman–Crippen MR) is 95.9 cm³/mol. The van der Waals surface area contributed by atoms with Crippen LogP contribution in [-0.4, -0.2) is 31.3 Å². The molecule has 1 saturated carbocycles. The summed E-state index contributed by atoms with van der Waals surface area (Å²) >= 11 is 0. The smallest absolute Gasteiger partial charge is 0.265 e. The van der Waals surface area contributed by atoms with Crippen molar-refractivity contribution in [1.29, 1.82) is 0 Å². The van der Waals surface area contributed by atoms with Gasteiger partial charge in [0.15, 0.2) is 0 Å². The highest BCUT2D eigenvalue weighted by atomic mass is 32.2. The zero-order chi connectivity index (χ0) is 17.3. The molecule has 0 radical (unpaired) electrons. The molecule has 0 unspecified atom stereocenters. The van der Waals surface area contributed by atoms with Crippen molar-refractivity contribution in [2.24, 2.45) is 0 Å². The van der Waals surface area contributed by atoms with Crippen LogP contribution in [0.5, 0.6) is 0 Å². The molecule has 7 heteroatoms. The Morgan fingerprint density at radius 3 is 2.62 bits per heavy atom. The lowest BCUT2D eigenvalue weighted by molar-refractivity contribution is 0.289. The molecule has 1 aliphatic carbocycles. The maximum Gasteiger partial charge on any atom is 0.265 e. The molecule has 24 heavy (non-hydrogen) atoms. The van der Waals surface area contributed by atoms with Gasteiger partial charge in [-0.15, -0.1) is 0 Å². The molecule has 1 aliphatic rings. The van der Waals surface area contributed by atoms with Gasteiger partial charge in [0.05, 0.1) is 23.6 Å². The number of anilines is 2. The highest BCUT2D eigenvalue weighted by molar-refractivity contribution is 7.92. The standard InChI is InChI=1S/C17H24N4O2S/c1-13(2)20(3)17-10-5-4-9-16(17)19-24(22,23)15-11-18-21(12-15)14-7-6-8-14/h4-5,9-14,19H,6-8H2,1-3H3. The van der Waals surface area contributed by atoms with Crippen molar-refractivity contribution < 1.29 is 8.42 Å². The second-order valence-corrected chi connectivity index (χ2v) is 8.25. The average molecular weight is 348 g/mol.